The van der Waals surface area contributed by atoms with Gasteiger partial charge < -0.3 is 29.6 Å². The summed E-state index contributed by atoms with van der Waals surface area (Å²) in [6.07, 6.45) is 3.65. The summed E-state index contributed by atoms with van der Waals surface area (Å²) in [5, 5.41) is 42.8. The molecule has 0 saturated carbocycles. The Bertz CT molecular complexity index is 1500. The van der Waals surface area contributed by atoms with Crippen LogP contribution in [-0.2, 0) is 19.3 Å². The highest BCUT2D eigenvalue weighted by atomic mass is 16.5. The summed E-state index contributed by atoms with van der Waals surface area (Å²) in [7, 11) is 0. The summed E-state index contributed by atoms with van der Waals surface area (Å²) in [5.74, 6) is -0.0766. The first kappa shape index (κ1) is 26.4. The quantitative estimate of drug-likeness (QED) is 0.329. The van der Waals surface area contributed by atoms with Crippen LogP contribution in [0.25, 0.3) is 22.3 Å². The Kier molecular flexibility index (Phi) is 6.86. The third-order valence-corrected chi connectivity index (χ3v) is 7.01. The first-order chi connectivity index (χ1) is 17.4. The van der Waals surface area contributed by atoms with E-state index in [0.29, 0.717) is 23.3 Å². The van der Waals surface area contributed by atoms with Crippen LogP contribution in [0, 0.1) is 0 Å². The van der Waals surface area contributed by atoms with E-state index < -0.39 is 17.1 Å². The highest BCUT2D eigenvalue weighted by molar-refractivity contribution is 5.93. The number of aliphatic hydroxyl groups is 1. The zero-order chi connectivity index (χ0) is 27.2. The largest absolute Gasteiger partial charge is 0.508 e. The molecule has 3 aromatic rings. The van der Waals surface area contributed by atoms with Crippen LogP contribution in [0.5, 0.6) is 23.0 Å². The molecule has 1 aliphatic heterocycles. The van der Waals surface area contributed by atoms with Gasteiger partial charge in [0.1, 0.15) is 45.3 Å². The molecule has 2 aromatic carbocycles. The second-order valence-corrected chi connectivity index (χ2v) is 10.5. The smallest absolute Gasteiger partial charge is 0.200 e. The fourth-order valence-electron chi connectivity index (χ4n) is 4.59. The average Bonchev–Trinajstić information content (AvgIpc) is 2.81. The van der Waals surface area contributed by atoms with Crippen molar-refractivity contribution in [2.45, 2.75) is 72.5 Å². The molecule has 1 aliphatic rings. The Morgan fingerprint density at radius 1 is 1.14 bits per heavy atom. The molecule has 0 radical (unpaired) electrons. The number of phenolic OH excluding ortho intramolecular Hbond substituents is 3. The molecule has 1 atom stereocenters. The van der Waals surface area contributed by atoms with E-state index in [1.807, 2.05) is 39.8 Å². The minimum atomic E-state index is -0.922. The highest BCUT2D eigenvalue weighted by Gasteiger charge is 2.40. The van der Waals surface area contributed by atoms with Crippen LogP contribution in [0.4, 0.5) is 0 Å². The predicted molar refractivity (Wildman–Crippen MR) is 144 cm³/mol. The first-order valence-electron chi connectivity index (χ1n) is 12.4. The lowest BCUT2D eigenvalue weighted by molar-refractivity contribution is -0.0415. The van der Waals surface area contributed by atoms with Crippen molar-refractivity contribution in [1.29, 1.82) is 0 Å². The van der Waals surface area contributed by atoms with Crippen molar-refractivity contribution in [3.63, 3.8) is 0 Å². The number of hydrogen-bond donors (Lipinski definition) is 4. The maximum Gasteiger partial charge on any atom is 0.200 e. The van der Waals surface area contributed by atoms with Crippen LogP contribution in [0.15, 0.2) is 50.7 Å². The van der Waals surface area contributed by atoms with Gasteiger partial charge in [-0.05, 0) is 60.1 Å². The maximum atomic E-state index is 14.1. The van der Waals surface area contributed by atoms with Gasteiger partial charge in [0.25, 0.3) is 0 Å². The molecule has 7 heteroatoms. The summed E-state index contributed by atoms with van der Waals surface area (Å²) >= 11 is 0. The fourth-order valence-corrected chi connectivity index (χ4v) is 4.59. The molecule has 4 rings (SSSR count). The number of rotatable bonds is 5. The van der Waals surface area contributed by atoms with Gasteiger partial charge in [-0.1, -0.05) is 23.3 Å². The predicted octanol–water partition coefficient (Wildman–Crippen LogP) is 5.67. The number of benzene rings is 2. The zero-order valence-electron chi connectivity index (χ0n) is 22.1. The highest BCUT2D eigenvalue weighted by Crippen LogP contribution is 2.47. The molecule has 0 bridgehead atoms. The second kappa shape index (κ2) is 9.63. The Hall–Kier alpha value is -3.71. The Morgan fingerprint density at radius 2 is 1.84 bits per heavy atom. The van der Waals surface area contributed by atoms with E-state index in [0.717, 1.165) is 11.1 Å². The molecular weight excluding hydrogens is 472 g/mol. The van der Waals surface area contributed by atoms with Crippen molar-refractivity contribution in [2.75, 3.05) is 0 Å². The van der Waals surface area contributed by atoms with Gasteiger partial charge in [0.2, 0.25) is 5.43 Å². The summed E-state index contributed by atoms with van der Waals surface area (Å²) in [4.78, 5) is 14.1. The van der Waals surface area contributed by atoms with Gasteiger partial charge in [-0.2, -0.15) is 0 Å². The Labute approximate surface area is 216 Å². The van der Waals surface area contributed by atoms with E-state index in [4.69, 9.17) is 9.15 Å². The molecule has 2 heterocycles. The number of aliphatic hydroxyl groups excluding tert-OH is 1. The minimum Gasteiger partial charge on any atom is -0.508 e. The van der Waals surface area contributed by atoms with E-state index in [-0.39, 0.29) is 57.9 Å². The van der Waals surface area contributed by atoms with Crippen LogP contribution >= 0.6 is 0 Å². The van der Waals surface area contributed by atoms with E-state index in [1.165, 1.54) is 18.2 Å². The van der Waals surface area contributed by atoms with E-state index in [2.05, 4.69) is 0 Å². The lowest BCUT2D eigenvalue weighted by Gasteiger charge is -2.38. The van der Waals surface area contributed by atoms with Crippen LogP contribution in [0.1, 0.15) is 58.2 Å². The molecule has 0 fully saturated rings. The van der Waals surface area contributed by atoms with Gasteiger partial charge in [0, 0.05) is 35.6 Å². The number of hydrogen-bond acceptors (Lipinski definition) is 7. The number of fused-ring (bicyclic) bond motifs is 3. The number of ether oxygens (including phenoxy) is 1. The summed E-state index contributed by atoms with van der Waals surface area (Å²) < 4.78 is 12.6. The van der Waals surface area contributed by atoms with Crippen molar-refractivity contribution in [1.82, 2.24) is 0 Å². The number of allylic oxidation sites excluding steroid dienone is 4. The van der Waals surface area contributed by atoms with Gasteiger partial charge in [-0.25, -0.2) is 0 Å². The van der Waals surface area contributed by atoms with Gasteiger partial charge in [0.05, 0.1) is 11.7 Å². The molecule has 4 N–H and O–H groups in total. The monoisotopic (exact) mass is 506 g/mol. The zero-order valence-corrected chi connectivity index (χ0v) is 22.1. The lowest BCUT2D eigenvalue weighted by Crippen LogP contribution is -2.46. The summed E-state index contributed by atoms with van der Waals surface area (Å²) in [6.45, 7) is 11.2. The normalized spacial score (nSPS) is 16.8. The molecule has 37 heavy (non-hydrogen) atoms. The van der Waals surface area contributed by atoms with Gasteiger partial charge in [0.15, 0.2) is 0 Å². The van der Waals surface area contributed by atoms with Crippen molar-refractivity contribution >= 4 is 11.0 Å². The van der Waals surface area contributed by atoms with Crippen LogP contribution < -0.4 is 10.2 Å². The van der Waals surface area contributed by atoms with Crippen LogP contribution in [0.3, 0.4) is 0 Å². The molecule has 1 aromatic heterocycles. The second-order valence-electron chi connectivity index (χ2n) is 10.5. The molecular formula is C30H34O7. The van der Waals surface area contributed by atoms with Gasteiger partial charge in [-0.15, -0.1) is 0 Å². The molecule has 7 nitrogen and oxygen atoms in total. The fraction of sp³-hybridized carbons (Fsp3) is 0.367. The molecule has 0 unspecified atom stereocenters. The maximum absolute atomic E-state index is 14.1. The summed E-state index contributed by atoms with van der Waals surface area (Å²) in [6, 6.07) is 4.06. The Morgan fingerprint density at radius 3 is 2.46 bits per heavy atom. The van der Waals surface area contributed by atoms with Crippen LogP contribution in [-0.4, -0.2) is 32.1 Å². The number of aromatic hydroxyl groups is 3. The van der Waals surface area contributed by atoms with Crippen molar-refractivity contribution < 1.29 is 29.6 Å². The van der Waals surface area contributed by atoms with E-state index >= 15 is 0 Å². The number of phenols is 3. The van der Waals surface area contributed by atoms with Gasteiger partial charge in [-0.3, -0.25) is 4.79 Å². The van der Waals surface area contributed by atoms with Crippen molar-refractivity contribution in [3.05, 3.63) is 68.4 Å². The summed E-state index contributed by atoms with van der Waals surface area (Å²) in [5.41, 5.74) is 2.15. The first-order valence-corrected chi connectivity index (χ1v) is 12.4. The van der Waals surface area contributed by atoms with E-state index in [9.17, 15) is 25.2 Å². The minimum absolute atomic E-state index is 0.0207. The molecule has 0 aliphatic carbocycles. The molecule has 0 spiro atoms. The third kappa shape index (κ3) is 4.71. The standard InChI is InChI=1S/C30H34O7/c1-7-16(4)12-20-26(35)24-25(34)19(10-8-15(2)3)28-21(14-23(33)30(5,6)37-28)29(24)36-27(20)18-11-9-17(31)13-22(18)32/h7-9,11,13,23,31-34H,10,12,14H2,1-6H3/b16-7+/t23-/m1/s1. The average molecular weight is 507 g/mol. The van der Waals surface area contributed by atoms with Crippen LogP contribution in [0.2, 0.25) is 0 Å². The van der Waals surface area contributed by atoms with E-state index in [1.54, 1.807) is 13.8 Å². The lowest BCUT2D eigenvalue weighted by atomic mass is 9.86. The van der Waals surface area contributed by atoms with Gasteiger partial charge >= 0.3 is 0 Å². The SMILES string of the molecule is C/C=C(\C)Cc1c(-c2ccc(O)cc2O)oc2c3c(c(CC=C(C)C)c(O)c2c1=O)OC(C)(C)[C@H](O)C3. The molecule has 0 amide bonds. The molecule has 0 saturated heterocycles. The Balaban J connectivity index is 2.17. The third-order valence-electron chi connectivity index (χ3n) is 7.01. The van der Waals surface area contributed by atoms with Crippen molar-refractivity contribution in [3.8, 4) is 34.3 Å². The van der Waals surface area contributed by atoms with Crippen molar-refractivity contribution in [2.24, 2.45) is 0 Å². The topological polar surface area (TPSA) is 120 Å². The molecule has 196 valence electrons.